The van der Waals surface area contributed by atoms with Crippen molar-refractivity contribution in [1.29, 1.82) is 0 Å². The van der Waals surface area contributed by atoms with E-state index in [4.69, 9.17) is 32.9 Å². The van der Waals surface area contributed by atoms with Gasteiger partial charge in [0.1, 0.15) is 0 Å². The minimum Gasteiger partial charge on any atom is -0.384 e. The van der Waals surface area contributed by atoms with Crippen molar-refractivity contribution in [1.82, 2.24) is 4.98 Å². The lowest BCUT2D eigenvalue weighted by Gasteiger charge is -2.14. The summed E-state index contributed by atoms with van der Waals surface area (Å²) in [6, 6.07) is 9.81. The van der Waals surface area contributed by atoms with Crippen molar-refractivity contribution in [2.75, 3.05) is 25.6 Å². The number of thiazole rings is 1. The van der Waals surface area contributed by atoms with E-state index in [0.717, 1.165) is 47.3 Å². The number of nitrogens with one attached hydrogen (secondary N) is 1. The van der Waals surface area contributed by atoms with Crippen LogP contribution in [-0.4, -0.2) is 25.2 Å². The molecule has 3 aromatic rings. The van der Waals surface area contributed by atoms with E-state index in [1.807, 2.05) is 12.1 Å². The van der Waals surface area contributed by atoms with Crippen LogP contribution in [-0.2, 0) is 4.74 Å². The molecule has 0 saturated carbocycles. The fourth-order valence-corrected chi connectivity index (χ4v) is 5.18. The number of benzene rings is 1. The van der Waals surface area contributed by atoms with Gasteiger partial charge < -0.3 is 10.1 Å². The smallest absolute Gasteiger partial charge is 0.183 e. The van der Waals surface area contributed by atoms with Crippen LogP contribution in [0.25, 0.3) is 11.3 Å². The molecule has 27 heavy (non-hydrogen) atoms. The Kier molecular flexibility index (Phi) is 7.56. The summed E-state index contributed by atoms with van der Waals surface area (Å²) in [6.07, 6.45) is 2.14. The molecule has 1 atom stereocenters. The van der Waals surface area contributed by atoms with Gasteiger partial charge in [-0.3, -0.25) is 0 Å². The minimum absolute atomic E-state index is 0.457. The van der Waals surface area contributed by atoms with Crippen LogP contribution in [0.15, 0.2) is 35.7 Å². The van der Waals surface area contributed by atoms with E-state index < -0.39 is 0 Å². The molecule has 3 nitrogen and oxygen atoms in total. The molecular formula is C20H22Cl2N2OS2. The van der Waals surface area contributed by atoms with Gasteiger partial charge in [0.05, 0.1) is 17.3 Å². The number of methoxy groups -OCH3 is 1. The molecule has 0 aliphatic rings. The second kappa shape index (κ2) is 9.89. The molecule has 0 amide bonds. The van der Waals surface area contributed by atoms with Gasteiger partial charge in [0.15, 0.2) is 5.13 Å². The van der Waals surface area contributed by atoms with Crippen LogP contribution in [0.4, 0.5) is 5.13 Å². The van der Waals surface area contributed by atoms with Crippen molar-refractivity contribution >= 4 is 51.0 Å². The van der Waals surface area contributed by atoms with Crippen LogP contribution in [0.1, 0.15) is 28.5 Å². The monoisotopic (exact) mass is 440 g/mol. The molecule has 0 spiro atoms. The number of rotatable bonds is 9. The first-order valence-electron chi connectivity index (χ1n) is 8.77. The fraction of sp³-hybridized carbons (Fsp3) is 0.350. The number of anilines is 1. The Morgan fingerprint density at radius 2 is 2.11 bits per heavy atom. The van der Waals surface area contributed by atoms with Gasteiger partial charge in [-0.05, 0) is 49.4 Å². The molecule has 0 saturated heterocycles. The van der Waals surface area contributed by atoms with Crippen LogP contribution >= 0.6 is 45.9 Å². The molecule has 2 aromatic heterocycles. The Labute approximate surface area is 178 Å². The second-order valence-electron chi connectivity index (χ2n) is 6.28. The van der Waals surface area contributed by atoms with Crippen LogP contribution in [0.3, 0.4) is 0 Å². The molecule has 1 N–H and O–H groups in total. The average molecular weight is 441 g/mol. The molecule has 1 aromatic carbocycles. The average Bonchev–Trinajstić information content (AvgIpc) is 3.28. The van der Waals surface area contributed by atoms with Crippen molar-refractivity contribution in [3.05, 3.63) is 55.5 Å². The Balaban J connectivity index is 1.57. The highest BCUT2D eigenvalue weighted by Crippen LogP contribution is 2.35. The Morgan fingerprint density at radius 1 is 1.26 bits per heavy atom. The fourth-order valence-electron chi connectivity index (χ4n) is 2.98. The predicted octanol–water partition coefficient (Wildman–Crippen LogP) is 7.11. The number of halogens is 2. The van der Waals surface area contributed by atoms with Gasteiger partial charge in [-0.1, -0.05) is 29.3 Å². The summed E-state index contributed by atoms with van der Waals surface area (Å²) in [5.41, 5.74) is 1.83. The van der Waals surface area contributed by atoms with Crippen LogP contribution in [0, 0.1) is 6.92 Å². The second-order valence-corrected chi connectivity index (χ2v) is 9.31. The number of thiophene rings is 1. The van der Waals surface area contributed by atoms with E-state index in [-0.39, 0.29) is 0 Å². The van der Waals surface area contributed by atoms with Gasteiger partial charge in [-0.15, -0.1) is 22.7 Å². The van der Waals surface area contributed by atoms with Gasteiger partial charge in [0, 0.05) is 39.9 Å². The minimum atomic E-state index is 0.457. The lowest BCUT2D eigenvalue weighted by molar-refractivity contribution is 0.176. The molecule has 0 bridgehead atoms. The van der Waals surface area contributed by atoms with Gasteiger partial charge in [0.2, 0.25) is 0 Å². The summed E-state index contributed by atoms with van der Waals surface area (Å²) in [4.78, 5) is 7.26. The van der Waals surface area contributed by atoms with E-state index in [2.05, 4.69) is 29.8 Å². The standard InChI is InChI=1S/C20H22Cl2N2OS2/c1-13-19(16-8-7-15(21)11-17(16)22)24-20(27-13)23-9-3-5-14(12-25-2)18-6-4-10-26-18/h4,6-8,10-11,14H,3,5,9,12H2,1-2H3,(H,23,24). The first kappa shape index (κ1) is 20.6. The number of aromatic nitrogens is 1. The van der Waals surface area contributed by atoms with Crippen LogP contribution in [0.2, 0.25) is 10.0 Å². The summed E-state index contributed by atoms with van der Waals surface area (Å²) in [5.74, 6) is 0.457. The summed E-state index contributed by atoms with van der Waals surface area (Å²) in [5, 5.41) is 7.75. The highest BCUT2D eigenvalue weighted by atomic mass is 35.5. The predicted molar refractivity (Wildman–Crippen MR) is 119 cm³/mol. The zero-order chi connectivity index (χ0) is 19.2. The number of aryl methyl sites for hydroxylation is 1. The number of ether oxygens (including phenoxy) is 1. The normalized spacial score (nSPS) is 12.3. The number of nitrogens with zero attached hydrogens (tertiary/aromatic N) is 1. The molecule has 0 aliphatic heterocycles. The SMILES string of the molecule is COCC(CCCNc1nc(-c2ccc(Cl)cc2Cl)c(C)s1)c1cccs1. The molecule has 1 unspecified atom stereocenters. The van der Waals surface area contributed by atoms with E-state index in [1.54, 1.807) is 35.8 Å². The van der Waals surface area contributed by atoms with Crippen molar-refractivity contribution < 1.29 is 4.74 Å². The maximum Gasteiger partial charge on any atom is 0.183 e. The largest absolute Gasteiger partial charge is 0.384 e. The highest BCUT2D eigenvalue weighted by molar-refractivity contribution is 7.16. The highest BCUT2D eigenvalue weighted by Gasteiger charge is 2.14. The van der Waals surface area contributed by atoms with Crippen molar-refractivity contribution in [3.63, 3.8) is 0 Å². The zero-order valence-electron chi connectivity index (χ0n) is 15.3. The molecule has 3 rings (SSSR count). The molecule has 2 heterocycles. The van der Waals surface area contributed by atoms with Gasteiger partial charge >= 0.3 is 0 Å². The molecule has 144 valence electrons. The zero-order valence-corrected chi connectivity index (χ0v) is 18.4. The van der Waals surface area contributed by atoms with E-state index in [9.17, 15) is 0 Å². The lowest BCUT2D eigenvalue weighted by Crippen LogP contribution is -2.08. The van der Waals surface area contributed by atoms with E-state index in [0.29, 0.717) is 16.0 Å². The number of hydrogen-bond acceptors (Lipinski definition) is 5. The third-order valence-electron chi connectivity index (χ3n) is 4.30. The molecular weight excluding hydrogens is 419 g/mol. The van der Waals surface area contributed by atoms with E-state index in [1.165, 1.54) is 4.88 Å². The summed E-state index contributed by atoms with van der Waals surface area (Å²) < 4.78 is 5.38. The molecule has 7 heteroatoms. The van der Waals surface area contributed by atoms with Crippen LogP contribution in [0.5, 0.6) is 0 Å². The molecule has 0 aliphatic carbocycles. The van der Waals surface area contributed by atoms with Gasteiger partial charge in [-0.2, -0.15) is 0 Å². The maximum absolute atomic E-state index is 6.33. The Hall–Kier alpha value is -1.11. The van der Waals surface area contributed by atoms with Crippen LogP contribution < -0.4 is 5.32 Å². The van der Waals surface area contributed by atoms with Crippen molar-refractivity contribution in [2.45, 2.75) is 25.7 Å². The topological polar surface area (TPSA) is 34.1 Å². The summed E-state index contributed by atoms with van der Waals surface area (Å²) in [6.45, 7) is 3.71. The molecule has 0 fully saturated rings. The summed E-state index contributed by atoms with van der Waals surface area (Å²) in [7, 11) is 1.76. The molecule has 0 radical (unpaired) electrons. The van der Waals surface area contributed by atoms with Crippen molar-refractivity contribution in [3.8, 4) is 11.3 Å². The Bertz CT molecular complexity index is 865. The third-order valence-corrected chi connectivity index (χ3v) is 6.81. The third kappa shape index (κ3) is 5.46. The first-order chi connectivity index (χ1) is 13.1. The quantitative estimate of drug-likeness (QED) is 0.359. The first-order valence-corrected chi connectivity index (χ1v) is 11.2. The Morgan fingerprint density at radius 3 is 2.81 bits per heavy atom. The van der Waals surface area contributed by atoms with Gasteiger partial charge in [0.25, 0.3) is 0 Å². The number of hydrogen-bond donors (Lipinski definition) is 1. The summed E-state index contributed by atoms with van der Waals surface area (Å²) >= 11 is 15.8. The maximum atomic E-state index is 6.33. The van der Waals surface area contributed by atoms with Crippen molar-refractivity contribution in [2.24, 2.45) is 0 Å². The lowest BCUT2D eigenvalue weighted by atomic mass is 10.0. The van der Waals surface area contributed by atoms with E-state index >= 15 is 0 Å². The van der Waals surface area contributed by atoms with Gasteiger partial charge in [-0.25, -0.2) is 4.98 Å².